The monoisotopic (exact) mass is 229 g/mol. The number of unbranched alkanes of at least 4 members (excludes halogenated alkanes) is 1. The van der Waals surface area contributed by atoms with Gasteiger partial charge in [-0.2, -0.15) is 0 Å². The number of carbonyl (C=O) groups excluding carboxylic acids is 2. The van der Waals surface area contributed by atoms with Gasteiger partial charge in [0.05, 0.1) is 0 Å². The molecule has 1 fully saturated rings. The highest BCUT2D eigenvalue weighted by molar-refractivity contribution is 6.01. The SMILES string of the molecule is CCCCC(C(=O)O)N1C(=O)COCC1=O. The van der Waals surface area contributed by atoms with Gasteiger partial charge in [-0.25, -0.2) is 4.79 Å². The molecule has 1 aliphatic rings. The average molecular weight is 229 g/mol. The van der Waals surface area contributed by atoms with Crippen LogP contribution in [0.15, 0.2) is 0 Å². The Labute approximate surface area is 93.2 Å². The fourth-order valence-corrected chi connectivity index (χ4v) is 1.61. The van der Waals surface area contributed by atoms with Crippen LogP contribution in [0, 0.1) is 0 Å². The normalized spacial score (nSPS) is 18.7. The second-order valence-electron chi connectivity index (χ2n) is 3.65. The van der Waals surface area contributed by atoms with Gasteiger partial charge in [-0.1, -0.05) is 19.8 Å². The minimum atomic E-state index is -1.14. The maximum atomic E-state index is 11.4. The fourth-order valence-electron chi connectivity index (χ4n) is 1.61. The first-order chi connectivity index (χ1) is 7.57. The summed E-state index contributed by atoms with van der Waals surface area (Å²) in [6, 6.07) is -1.05. The first-order valence-corrected chi connectivity index (χ1v) is 5.23. The number of imide groups is 1. The lowest BCUT2D eigenvalue weighted by atomic mass is 10.1. The summed E-state index contributed by atoms with van der Waals surface area (Å²) in [5.74, 6) is -2.28. The molecule has 90 valence electrons. The van der Waals surface area contributed by atoms with Crippen molar-refractivity contribution in [2.75, 3.05) is 13.2 Å². The molecule has 0 saturated carbocycles. The highest BCUT2D eigenvalue weighted by atomic mass is 16.5. The van der Waals surface area contributed by atoms with Gasteiger partial charge >= 0.3 is 5.97 Å². The zero-order chi connectivity index (χ0) is 12.1. The molecule has 1 N–H and O–H groups in total. The molecule has 0 aromatic carbocycles. The van der Waals surface area contributed by atoms with Crippen LogP contribution in [-0.2, 0) is 19.1 Å². The molecular formula is C10H15NO5. The van der Waals surface area contributed by atoms with E-state index >= 15 is 0 Å². The van der Waals surface area contributed by atoms with Crippen molar-refractivity contribution in [1.82, 2.24) is 4.90 Å². The maximum Gasteiger partial charge on any atom is 0.326 e. The van der Waals surface area contributed by atoms with E-state index in [9.17, 15) is 14.4 Å². The first kappa shape index (κ1) is 12.6. The van der Waals surface area contributed by atoms with E-state index < -0.39 is 23.8 Å². The van der Waals surface area contributed by atoms with Crippen molar-refractivity contribution in [2.24, 2.45) is 0 Å². The Morgan fingerprint density at radius 2 is 2.00 bits per heavy atom. The molecule has 0 radical (unpaired) electrons. The largest absolute Gasteiger partial charge is 0.480 e. The van der Waals surface area contributed by atoms with Crippen LogP contribution in [0.4, 0.5) is 0 Å². The summed E-state index contributed by atoms with van der Waals surface area (Å²) >= 11 is 0. The molecule has 0 bridgehead atoms. The van der Waals surface area contributed by atoms with Gasteiger partial charge in [0.15, 0.2) is 0 Å². The summed E-state index contributed by atoms with van der Waals surface area (Å²) in [4.78, 5) is 34.7. The first-order valence-electron chi connectivity index (χ1n) is 5.23. The van der Waals surface area contributed by atoms with Crippen LogP contribution in [0.25, 0.3) is 0 Å². The molecule has 6 nitrogen and oxygen atoms in total. The zero-order valence-corrected chi connectivity index (χ0v) is 9.14. The van der Waals surface area contributed by atoms with E-state index in [2.05, 4.69) is 0 Å². The minimum Gasteiger partial charge on any atom is -0.480 e. The van der Waals surface area contributed by atoms with E-state index in [-0.39, 0.29) is 13.2 Å². The standard InChI is InChI=1S/C10H15NO5/c1-2-3-4-7(10(14)15)11-8(12)5-16-6-9(11)13/h7H,2-6H2,1H3,(H,14,15). The van der Waals surface area contributed by atoms with Gasteiger partial charge in [-0.3, -0.25) is 14.5 Å². The van der Waals surface area contributed by atoms with Gasteiger partial charge in [0.25, 0.3) is 11.8 Å². The topological polar surface area (TPSA) is 83.9 Å². The molecule has 0 spiro atoms. The number of amides is 2. The van der Waals surface area contributed by atoms with Crippen LogP contribution in [0.2, 0.25) is 0 Å². The molecule has 1 aliphatic heterocycles. The van der Waals surface area contributed by atoms with Crippen molar-refractivity contribution in [2.45, 2.75) is 32.2 Å². The van der Waals surface area contributed by atoms with Crippen LogP contribution < -0.4 is 0 Å². The molecular weight excluding hydrogens is 214 g/mol. The summed E-state index contributed by atoms with van der Waals surface area (Å²) in [5, 5.41) is 9.00. The Bertz CT molecular complexity index is 286. The third-order valence-corrected chi connectivity index (χ3v) is 2.42. The molecule has 1 atom stereocenters. The van der Waals surface area contributed by atoms with E-state index in [0.29, 0.717) is 12.8 Å². The molecule has 6 heteroatoms. The maximum absolute atomic E-state index is 11.4. The summed E-state index contributed by atoms with van der Waals surface area (Å²) in [7, 11) is 0. The summed E-state index contributed by atoms with van der Waals surface area (Å²) < 4.78 is 4.72. The third-order valence-electron chi connectivity index (χ3n) is 2.42. The number of hydrogen-bond acceptors (Lipinski definition) is 4. The zero-order valence-electron chi connectivity index (χ0n) is 9.14. The lowest BCUT2D eigenvalue weighted by Crippen LogP contribution is -2.54. The van der Waals surface area contributed by atoms with Crippen molar-refractivity contribution >= 4 is 17.8 Å². The number of morpholine rings is 1. The smallest absolute Gasteiger partial charge is 0.326 e. The number of nitrogens with zero attached hydrogens (tertiary/aromatic N) is 1. The van der Waals surface area contributed by atoms with Gasteiger partial charge in [0.2, 0.25) is 0 Å². The van der Waals surface area contributed by atoms with Gasteiger partial charge < -0.3 is 9.84 Å². The van der Waals surface area contributed by atoms with Crippen LogP contribution in [0.5, 0.6) is 0 Å². The molecule has 0 aromatic rings. The Hall–Kier alpha value is -1.43. The van der Waals surface area contributed by atoms with Crippen LogP contribution in [0.3, 0.4) is 0 Å². The molecule has 1 unspecified atom stereocenters. The van der Waals surface area contributed by atoms with Crippen molar-refractivity contribution < 1.29 is 24.2 Å². The molecule has 0 aliphatic carbocycles. The Morgan fingerprint density at radius 1 is 1.44 bits per heavy atom. The highest BCUT2D eigenvalue weighted by Crippen LogP contribution is 2.13. The van der Waals surface area contributed by atoms with Gasteiger partial charge in [-0.15, -0.1) is 0 Å². The summed E-state index contributed by atoms with van der Waals surface area (Å²) in [5.41, 5.74) is 0. The van der Waals surface area contributed by atoms with E-state index in [1.54, 1.807) is 0 Å². The quantitative estimate of drug-likeness (QED) is 0.671. The Kier molecular flexibility index (Phi) is 4.42. The fraction of sp³-hybridized carbons (Fsp3) is 0.700. The third kappa shape index (κ3) is 2.79. The number of rotatable bonds is 5. The van der Waals surface area contributed by atoms with Crippen molar-refractivity contribution in [3.63, 3.8) is 0 Å². The lowest BCUT2D eigenvalue weighted by molar-refractivity contribution is -0.168. The number of carboxylic acid groups (broad SMARTS) is 1. The predicted molar refractivity (Wildman–Crippen MR) is 53.6 cm³/mol. The predicted octanol–water partition coefficient (Wildman–Crippen LogP) is 0.0152. The Morgan fingerprint density at radius 3 is 2.44 bits per heavy atom. The molecule has 2 amide bonds. The second kappa shape index (κ2) is 5.60. The molecule has 1 heterocycles. The number of carbonyl (C=O) groups is 3. The molecule has 16 heavy (non-hydrogen) atoms. The molecule has 1 saturated heterocycles. The summed E-state index contributed by atoms with van der Waals surface area (Å²) in [6.45, 7) is 1.48. The number of ether oxygens (including phenoxy) is 1. The molecule has 1 rings (SSSR count). The van der Waals surface area contributed by atoms with Crippen molar-refractivity contribution in [3.05, 3.63) is 0 Å². The molecule has 0 aromatic heterocycles. The van der Waals surface area contributed by atoms with Crippen LogP contribution >= 0.6 is 0 Å². The van der Waals surface area contributed by atoms with Crippen molar-refractivity contribution in [3.8, 4) is 0 Å². The number of carboxylic acids is 1. The van der Waals surface area contributed by atoms with Gasteiger partial charge in [-0.05, 0) is 6.42 Å². The lowest BCUT2D eigenvalue weighted by Gasteiger charge is -2.30. The van der Waals surface area contributed by atoms with E-state index in [1.165, 1.54) is 0 Å². The van der Waals surface area contributed by atoms with Gasteiger partial charge in [0, 0.05) is 0 Å². The van der Waals surface area contributed by atoms with Crippen LogP contribution in [-0.4, -0.2) is 47.0 Å². The Balaban J connectivity index is 2.78. The van der Waals surface area contributed by atoms with E-state index in [4.69, 9.17) is 9.84 Å². The van der Waals surface area contributed by atoms with Crippen LogP contribution in [0.1, 0.15) is 26.2 Å². The second-order valence-corrected chi connectivity index (χ2v) is 3.65. The average Bonchev–Trinajstić information content (AvgIpc) is 2.21. The highest BCUT2D eigenvalue weighted by Gasteiger charge is 2.36. The van der Waals surface area contributed by atoms with Gasteiger partial charge in [0.1, 0.15) is 19.3 Å². The minimum absolute atomic E-state index is 0.221. The van der Waals surface area contributed by atoms with E-state index in [1.807, 2.05) is 6.92 Å². The summed E-state index contributed by atoms with van der Waals surface area (Å²) in [6.07, 6.45) is 1.77. The van der Waals surface area contributed by atoms with E-state index in [0.717, 1.165) is 11.3 Å². The number of hydrogen-bond donors (Lipinski definition) is 1. The number of aliphatic carboxylic acids is 1. The van der Waals surface area contributed by atoms with Crippen molar-refractivity contribution in [1.29, 1.82) is 0 Å².